The van der Waals surface area contributed by atoms with Crippen LogP contribution in [0.4, 0.5) is 0 Å². The Morgan fingerprint density at radius 1 is 1.07 bits per heavy atom. The largest absolute Gasteiger partial charge is 0.496 e. The second-order valence-electron chi connectivity index (χ2n) is 5.98. The van der Waals surface area contributed by atoms with Crippen LogP contribution in [0.15, 0.2) is 65.8 Å². The molecule has 3 aromatic carbocycles. The molecular formula is C22H22N2O3. The zero-order valence-corrected chi connectivity index (χ0v) is 15.4. The van der Waals surface area contributed by atoms with Crippen molar-refractivity contribution in [3.8, 4) is 11.5 Å². The van der Waals surface area contributed by atoms with Crippen LogP contribution >= 0.6 is 0 Å². The number of fused-ring (bicyclic) bond motifs is 1. The summed E-state index contributed by atoms with van der Waals surface area (Å²) in [6, 6.07) is 19.5. The van der Waals surface area contributed by atoms with Gasteiger partial charge in [0.1, 0.15) is 11.5 Å². The van der Waals surface area contributed by atoms with Gasteiger partial charge in [0.2, 0.25) is 0 Å². The number of nitrogens with one attached hydrogen (secondary N) is 1. The van der Waals surface area contributed by atoms with Crippen LogP contribution in [0.5, 0.6) is 11.5 Å². The maximum Gasteiger partial charge on any atom is 0.277 e. The van der Waals surface area contributed by atoms with Crippen LogP contribution in [0.25, 0.3) is 10.8 Å². The Labute approximate surface area is 158 Å². The average Bonchev–Trinajstić information content (AvgIpc) is 2.72. The quantitative estimate of drug-likeness (QED) is 0.512. The number of nitrogens with zero attached hydrogens (tertiary/aromatic N) is 1. The zero-order chi connectivity index (χ0) is 19.1. The fraction of sp³-hybridized carbons (Fsp3) is 0.182. The number of hydrazone groups is 1. The molecule has 5 nitrogen and oxygen atoms in total. The number of carbonyl (C=O) groups is 1. The second-order valence-corrected chi connectivity index (χ2v) is 5.98. The van der Waals surface area contributed by atoms with E-state index in [9.17, 15) is 4.79 Å². The van der Waals surface area contributed by atoms with Crippen LogP contribution in [0, 0.1) is 0 Å². The minimum atomic E-state index is -0.329. The summed E-state index contributed by atoms with van der Waals surface area (Å²) in [7, 11) is 1.61. The van der Waals surface area contributed by atoms with Gasteiger partial charge in [-0.25, -0.2) is 5.43 Å². The van der Waals surface area contributed by atoms with Gasteiger partial charge < -0.3 is 9.47 Å². The number of benzene rings is 3. The molecule has 3 aromatic rings. The van der Waals surface area contributed by atoms with Gasteiger partial charge in [0, 0.05) is 5.56 Å². The minimum absolute atomic E-state index is 0.102. The van der Waals surface area contributed by atoms with E-state index in [2.05, 4.69) is 17.5 Å². The molecule has 138 valence electrons. The van der Waals surface area contributed by atoms with Gasteiger partial charge in [0.15, 0.2) is 6.61 Å². The summed E-state index contributed by atoms with van der Waals surface area (Å²) in [5, 5.41) is 6.13. The number of hydrogen-bond donors (Lipinski definition) is 1. The van der Waals surface area contributed by atoms with Crippen LogP contribution in [0.1, 0.15) is 18.1 Å². The lowest BCUT2D eigenvalue weighted by atomic mass is 10.0. The molecule has 0 fully saturated rings. The maximum absolute atomic E-state index is 12.0. The Morgan fingerprint density at radius 2 is 1.85 bits per heavy atom. The van der Waals surface area contributed by atoms with Gasteiger partial charge in [-0.15, -0.1) is 0 Å². The number of amides is 1. The normalized spacial score (nSPS) is 10.9. The molecule has 3 rings (SSSR count). The zero-order valence-electron chi connectivity index (χ0n) is 15.4. The summed E-state index contributed by atoms with van der Waals surface area (Å²) in [6.45, 7) is 1.99. The van der Waals surface area contributed by atoms with Gasteiger partial charge in [-0.1, -0.05) is 49.4 Å². The molecule has 27 heavy (non-hydrogen) atoms. The second kappa shape index (κ2) is 8.85. The maximum atomic E-state index is 12.0. The van der Waals surface area contributed by atoms with Crippen molar-refractivity contribution >= 4 is 22.9 Å². The molecule has 0 bridgehead atoms. The first-order chi connectivity index (χ1) is 13.2. The first kappa shape index (κ1) is 18.5. The van der Waals surface area contributed by atoms with Crippen molar-refractivity contribution in [1.29, 1.82) is 0 Å². The van der Waals surface area contributed by atoms with Gasteiger partial charge in [0.25, 0.3) is 5.91 Å². The number of ether oxygens (including phenoxy) is 2. The average molecular weight is 362 g/mol. The van der Waals surface area contributed by atoms with Crippen LogP contribution < -0.4 is 14.9 Å². The highest BCUT2D eigenvalue weighted by Gasteiger charge is 2.06. The molecule has 0 aliphatic rings. The summed E-state index contributed by atoms with van der Waals surface area (Å²) in [5.41, 5.74) is 4.52. The number of hydrogen-bond acceptors (Lipinski definition) is 4. The fourth-order valence-corrected chi connectivity index (χ4v) is 2.76. The highest BCUT2D eigenvalue weighted by molar-refractivity contribution is 6.02. The fourth-order valence-electron chi connectivity index (χ4n) is 2.76. The highest BCUT2D eigenvalue weighted by Crippen LogP contribution is 2.26. The van der Waals surface area contributed by atoms with Gasteiger partial charge >= 0.3 is 0 Å². The van der Waals surface area contributed by atoms with Crippen LogP contribution in [0.2, 0.25) is 0 Å². The van der Waals surface area contributed by atoms with Crippen molar-refractivity contribution in [2.75, 3.05) is 13.7 Å². The van der Waals surface area contributed by atoms with E-state index >= 15 is 0 Å². The van der Waals surface area contributed by atoms with Crippen molar-refractivity contribution < 1.29 is 14.3 Å². The third-order valence-corrected chi connectivity index (χ3v) is 4.24. The Bertz CT molecular complexity index is 949. The molecule has 0 atom stereocenters. The minimum Gasteiger partial charge on any atom is -0.496 e. The Hall–Kier alpha value is -3.34. The lowest BCUT2D eigenvalue weighted by Gasteiger charge is -2.08. The van der Waals surface area contributed by atoms with Crippen molar-refractivity contribution in [1.82, 2.24) is 5.43 Å². The SMILES string of the molecule is CCc1ccc(OCC(=O)NN=Cc2c(OC)ccc3ccccc23)cc1. The summed E-state index contributed by atoms with van der Waals surface area (Å²) < 4.78 is 10.9. The molecular weight excluding hydrogens is 340 g/mol. The highest BCUT2D eigenvalue weighted by atomic mass is 16.5. The van der Waals surface area contributed by atoms with Crippen molar-refractivity contribution in [2.45, 2.75) is 13.3 Å². The van der Waals surface area contributed by atoms with E-state index < -0.39 is 0 Å². The monoisotopic (exact) mass is 362 g/mol. The number of aryl methyl sites for hydroxylation is 1. The van der Waals surface area contributed by atoms with Crippen LogP contribution in [-0.4, -0.2) is 25.8 Å². The summed E-state index contributed by atoms with van der Waals surface area (Å²) in [6.07, 6.45) is 2.56. The molecule has 0 aromatic heterocycles. The van der Waals surface area contributed by atoms with Crippen molar-refractivity contribution in [3.63, 3.8) is 0 Å². The molecule has 0 aliphatic carbocycles. The molecule has 0 heterocycles. The summed E-state index contributed by atoms with van der Waals surface area (Å²) in [4.78, 5) is 12.0. The van der Waals surface area contributed by atoms with E-state index in [-0.39, 0.29) is 12.5 Å². The summed E-state index contributed by atoms with van der Waals surface area (Å²) >= 11 is 0. The van der Waals surface area contributed by atoms with E-state index in [4.69, 9.17) is 9.47 Å². The molecule has 5 heteroatoms. The predicted molar refractivity (Wildman–Crippen MR) is 108 cm³/mol. The van der Waals surface area contributed by atoms with E-state index in [0.717, 1.165) is 22.8 Å². The Balaban J connectivity index is 1.63. The predicted octanol–water partition coefficient (Wildman–Crippen LogP) is 3.94. The smallest absolute Gasteiger partial charge is 0.277 e. The first-order valence-corrected chi connectivity index (χ1v) is 8.80. The number of rotatable bonds is 7. The molecule has 0 saturated carbocycles. The molecule has 0 unspecified atom stereocenters. The van der Waals surface area contributed by atoms with Gasteiger partial charge in [-0.3, -0.25) is 4.79 Å². The molecule has 0 aliphatic heterocycles. The van der Waals surface area contributed by atoms with Crippen molar-refractivity contribution in [2.24, 2.45) is 5.10 Å². The number of methoxy groups -OCH3 is 1. The third kappa shape index (κ3) is 4.64. The lowest BCUT2D eigenvalue weighted by molar-refractivity contribution is -0.123. The number of carbonyl (C=O) groups excluding carboxylic acids is 1. The molecule has 0 saturated heterocycles. The summed E-state index contributed by atoms with van der Waals surface area (Å²) in [5.74, 6) is 1.02. The molecule has 1 N–H and O–H groups in total. The van der Waals surface area contributed by atoms with Gasteiger partial charge in [-0.2, -0.15) is 5.10 Å². The lowest BCUT2D eigenvalue weighted by Crippen LogP contribution is -2.24. The third-order valence-electron chi connectivity index (χ3n) is 4.24. The Kier molecular flexibility index (Phi) is 6.05. The van der Waals surface area contributed by atoms with Gasteiger partial charge in [-0.05, 0) is 41.0 Å². The van der Waals surface area contributed by atoms with E-state index in [1.807, 2.05) is 60.7 Å². The topological polar surface area (TPSA) is 59.9 Å². The van der Waals surface area contributed by atoms with E-state index in [1.165, 1.54) is 5.56 Å². The van der Waals surface area contributed by atoms with E-state index in [1.54, 1.807) is 13.3 Å². The van der Waals surface area contributed by atoms with Crippen LogP contribution in [0.3, 0.4) is 0 Å². The molecule has 0 spiro atoms. The van der Waals surface area contributed by atoms with Crippen molar-refractivity contribution in [3.05, 3.63) is 71.8 Å². The molecule has 0 radical (unpaired) electrons. The van der Waals surface area contributed by atoms with Crippen LogP contribution in [-0.2, 0) is 11.2 Å². The van der Waals surface area contributed by atoms with E-state index in [0.29, 0.717) is 11.5 Å². The first-order valence-electron chi connectivity index (χ1n) is 8.80. The Morgan fingerprint density at radius 3 is 2.59 bits per heavy atom. The van der Waals surface area contributed by atoms with Gasteiger partial charge in [0.05, 0.1) is 13.3 Å². The standard InChI is InChI=1S/C22H22N2O3/c1-3-16-8-11-18(12-9-16)27-15-22(25)24-23-14-20-19-7-5-4-6-17(19)10-13-21(20)26-2/h4-14H,3,15H2,1-2H3,(H,24,25). The molecule has 1 amide bonds.